The molecule has 1 atom stereocenters. The highest BCUT2D eigenvalue weighted by molar-refractivity contribution is 6.31. The van der Waals surface area contributed by atoms with Crippen molar-refractivity contribution in [3.05, 3.63) is 28.8 Å². The average Bonchev–Trinajstić information content (AvgIpc) is 2.45. The van der Waals surface area contributed by atoms with Crippen LogP contribution >= 0.6 is 11.6 Å². The Bertz CT molecular complexity index is 509. The number of nitrogens with one attached hydrogen (secondary N) is 2. The van der Waals surface area contributed by atoms with E-state index in [0.717, 1.165) is 0 Å². The maximum Gasteiger partial charge on any atom is 0.337 e. The van der Waals surface area contributed by atoms with E-state index in [-0.39, 0.29) is 28.9 Å². The lowest BCUT2D eigenvalue weighted by atomic mass is 10.2. The van der Waals surface area contributed by atoms with Crippen LogP contribution in [0.25, 0.3) is 0 Å². The SMILES string of the molecule is COCC(CNC(=O)Nc1ccc(Cl)cc1C(=O)O)OC. The van der Waals surface area contributed by atoms with Gasteiger partial charge in [-0.15, -0.1) is 0 Å². The molecule has 0 fully saturated rings. The summed E-state index contributed by atoms with van der Waals surface area (Å²) in [5.41, 5.74) is 0.0722. The lowest BCUT2D eigenvalue weighted by molar-refractivity contribution is 0.0307. The highest BCUT2D eigenvalue weighted by atomic mass is 35.5. The quantitative estimate of drug-likeness (QED) is 0.713. The molecule has 1 rings (SSSR count). The summed E-state index contributed by atoms with van der Waals surface area (Å²) in [5.74, 6) is -1.18. The van der Waals surface area contributed by atoms with E-state index in [1.54, 1.807) is 0 Å². The molecule has 7 nitrogen and oxygen atoms in total. The first kappa shape index (κ1) is 17.2. The number of amides is 2. The van der Waals surface area contributed by atoms with Crippen molar-refractivity contribution in [2.45, 2.75) is 6.10 Å². The van der Waals surface area contributed by atoms with Crippen molar-refractivity contribution in [3.8, 4) is 0 Å². The van der Waals surface area contributed by atoms with Gasteiger partial charge in [-0.2, -0.15) is 0 Å². The Balaban J connectivity index is 2.65. The summed E-state index contributed by atoms with van der Waals surface area (Å²) in [7, 11) is 3.03. The first-order valence-corrected chi connectivity index (χ1v) is 6.45. The molecular formula is C13H17ClN2O5. The van der Waals surface area contributed by atoms with Gasteiger partial charge < -0.3 is 25.2 Å². The molecule has 0 aliphatic rings. The van der Waals surface area contributed by atoms with Crippen LogP contribution in [-0.4, -0.2) is 50.6 Å². The third-order valence-corrected chi connectivity index (χ3v) is 2.87. The molecule has 0 radical (unpaired) electrons. The Hall–Kier alpha value is -1.83. The van der Waals surface area contributed by atoms with E-state index in [4.69, 9.17) is 26.2 Å². The Kier molecular flexibility index (Phi) is 6.93. The first-order valence-electron chi connectivity index (χ1n) is 6.07. The maximum atomic E-state index is 11.8. The topological polar surface area (TPSA) is 96.9 Å². The number of anilines is 1. The van der Waals surface area contributed by atoms with Crippen LogP contribution in [0.2, 0.25) is 5.02 Å². The third-order valence-electron chi connectivity index (χ3n) is 2.64. The van der Waals surface area contributed by atoms with Crippen LogP contribution < -0.4 is 10.6 Å². The predicted molar refractivity (Wildman–Crippen MR) is 78.1 cm³/mol. The van der Waals surface area contributed by atoms with Crippen molar-refractivity contribution in [2.24, 2.45) is 0 Å². The number of carboxylic acid groups (broad SMARTS) is 1. The maximum absolute atomic E-state index is 11.8. The second-order valence-electron chi connectivity index (χ2n) is 4.14. The van der Waals surface area contributed by atoms with E-state index < -0.39 is 12.0 Å². The number of halogens is 1. The number of aromatic carboxylic acids is 1. The van der Waals surface area contributed by atoms with Crippen molar-refractivity contribution >= 4 is 29.3 Å². The zero-order valence-corrected chi connectivity index (χ0v) is 12.4. The molecule has 116 valence electrons. The number of rotatable bonds is 7. The number of carboxylic acids is 1. The van der Waals surface area contributed by atoms with Crippen LogP contribution in [0.5, 0.6) is 0 Å². The van der Waals surface area contributed by atoms with Gasteiger partial charge in [-0.3, -0.25) is 0 Å². The summed E-state index contributed by atoms with van der Waals surface area (Å²) in [6.45, 7) is 0.560. The molecule has 0 spiro atoms. The molecule has 1 aromatic rings. The molecule has 1 unspecified atom stereocenters. The van der Waals surface area contributed by atoms with Gasteiger partial charge in [0.2, 0.25) is 0 Å². The van der Waals surface area contributed by atoms with Gasteiger partial charge >= 0.3 is 12.0 Å². The summed E-state index contributed by atoms with van der Waals surface area (Å²) in [4.78, 5) is 22.8. The number of hydrogen-bond acceptors (Lipinski definition) is 4. The standard InChI is InChI=1S/C13H17ClN2O5/c1-20-7-9(21-2)6-15-13(19)16-11-4-3-8(14)5-10(11)12(17)18/h3-5,9H,6-7H2,1-2H3,(H,17,18)(H2,15,16,19). The molecule has 2 amide bonds. The first-order chi connectivity index (χ1) is 9.97. The highest BCUT2D eigenvalue weighted by Crippen LogP contribution is 2.20. The minimum Gasteiger partial charge on any atom is -0.478 e. The van der Waals surface area contributed by atoms with Crippen molar-refractivity contribution in [1.82, 2.24) is 5.32 Å². The minimum atomic E-state index is -1.18. The zero-order chi connectivity index (χ0) is 15.8. The van der Waals surface area contributed by atoms with Crippen molar-refractivity contribution in [2.75, 3.05) is 32.7 Å². The largest absolute Gasteiger partial charge is 0.478 e. The van der Waals surface area contributed by atoms with Crippen LogP contribution in [0.15, 0.2) is 18.2 Å². The van der Waals surface area contributed by atoms with Gasteiger partial charge in [0, 0.05) is 25.8 Å². The number of hydrogen-bond donors (Lipinski definition) is 3. The van der Waals surface area contributed by atoms with Gasteiger partial charge in [0.1, 0.15) is 0 Å². The van der Waals surface area contributed by atoms with Crippen LogP contribution in [0.1, 0.15) is 10.4 Å². The van der Waals surface area contributed by atoms with Crippen LogP contribution in [0, 0.1) is 0 Å². The second-order valence-corrected chi connectivity index (χ2v) is 4.58. The molecule has 0 aromatic heterocycles. The fourth-order valence-electron chi connectivity index (χ4n) is 1.57. The summed E-state index contributed by atoms with van der Waals surface area (Å²) in [6.07, 6.45) is -0.287. The van der Waals surface area contributed by atoms with Crippen molar-refractivity contribution < 1.29 is 24.2 Å². The van der Waals surface area contributed by atoms with Gasteiger partial charge in [0.05, 0.1) is 24.0 Å². The lowest BCUT2D eigenvalue weighted by Gasteiger charge is -2.16. The number of benzene rings is 1. The average molecular weight is 317 g/mol. The van der Waals surface area contributed by atoms with E-state index >= 15 is 0 Å². The van der Waals surface area contributed by atoms with E-state index in [1.165, 1.54) is 32.4 Å². The van der Waals surface area contributed by atoms with E-state index in [2.05, 4.69) is 10.6 Å². The molecule has 0 aliphatic carbocycles. The molecule has 0 bridgehead atoms. The second kappa shape index (κ2) is 8.46. The monoisotopic (exact) mass is 316 g/mol. The van der Waals surface area contributed by atoms with Crippen LogP contribution in [-0.2, 0) is 9.47 Å². The predicted octanol–water partition coefficient (Wildman–Crippen LogP) is 1.82. The Labute approximate surface area is 127 Å². The number of urea groups is 1. The molecule has 0 saturated carbocycles. The molecule has 0 heterocycles. The van der Waals surface area contributed by atoms with Gasteiger partial charge in [-0.25, -0.2) is 9.59 Å². The Morgan fingerprint density at radius 1 is 1.38 bits per heavy atom. The lowest BCUT2D eigenvalue weighted by Crippen LogP contribution is -2.38. The van der Waals surface area contributed by atoms with Gasteiger partial charge in [-0.05, 0) is 18.2 Å². The smallest absolute Gasteiger partial charge is 0.337 e. The van der Waals surface area contributed by atoms with Crippen LogP contribution in [0.3, 0.4) is 0 Å². The van der Waals surface area contributed by atoms with Gasteiger partial charge in [0.25, 0.3) is 0 Å². The van der Waals surface area contributed by atoms with E-state index in [1.807, 2.05) is 0 Å². The van der Waals surface area contributed by atoms with Gasteiger partial charge in [0.15, 0.2) is 0 Å². The summed E-state index contributed by atoms with van der Waals surface area (Å²) in [5, 5.41) is 14.4. The Morgan fingerprint density at radius 2 is 2.10 bits per heavy atom. The normalized spacial score (nSPS) is 11.8. The molecule has 1 aromatic carbocycles. The molecular weight excluding hydrogens is 300 g/mol. The highest BCUT2D eigenvalue weighted by Gasteiger charge is 2.14. The fraction of sp³-hybridized carbons (Fsp3) is 0.385. The molecule has 8 heteroatoms. The Morgan fingerprint density at radius 3 is 2.67 bits per heavy atom. The summed E-state index contributed by atoms with van der Waals surface area (Å²) >= 11 is 5.73. The van der Waals surface area contributed by atoms with E-state index in [9.17, 15) is 9.59 Å². The van der Waals surface area contributed by atoms with E-state index in [0.29, 0.717) is 6.61 Å². The van der Waals surface area contributed by atoms with Crippen molar-refractivity contribution in [3.63, 3.8) is 0 Å². The minimum absolute atomic E-state index is 0.0853. The third kappa shape index (κ3) is 5.58. The zero-order valence-electron chi connectivity index (χ0n) is 11.7. The summed E-state index contributed by atoms with van der Waals surface area (Å²) in [6, 6.07) is 3.64. The molecule has 21 heavy (non-hydrogen) atoms. The molecule has 3 N–H and O–H groups in total. The number of methoxy groups -OCH3 is 2. The molecule has 0 saturated heterocycles. The van der Waals surface area contributed by atoms with Crippen molar-refractivity contribution in [1.29, 1.82) is 0 Å². The number of ether oxygens (including phenoxy) is 2. The van der Waals surface area contributed by atoms with Gasteiger partial charge in [-0.1, -0.05) is 11.6 Å². The fourth-order valence-corrected chi connectivity index (χ4v) is 1.74. The summed E-state index contributed by atoms with van der Waals surface area (Å²) < 4.78 is 10.0. The number of carbonyl (C=O) groups excluding carboxylic acids is 1. The van der Waals surface area contributed by atoms with Crippen LogP contribution in [0.4, 0.5) is 10.5 Å². The molecule has 0 aliphatic heterocycles. The number of carbonyl (C=O) groups is 2.